The number of nitrogens with zero attached hydrogens (tertiary/aromatic N) is 1. The quantitative estimate of drug-likeness (QED) is 0.144. The van der Waals surface area contributed by atoms with Crippen LogP contribution in [0.1, 0.15) is 90.8 Å². The van der Waals surface area contributed by atoms with E-state index in [2.05, 4.69) is 46.3 Å². The van der Waals surface area contributed by atoms with E-state index < -0.39 is 23.8 Å². The van der Waals surface area contributed by atoms with Crippen molar-refractivity contribution in [1.82, 2.24) is 25.9 Å². The highest BCUT2D eigenvalue weighted by atomic mass is 16.6. The number of ether oxygens (including phenoxy) is 1. The summed E-state index contributed by atoms with van der Waals surface area (Å²) in [5.41, 5.74) is 1.25. The van der Waals surface area contributed by atoms with Gasteiger partial charge in [0.15, 0.2) is 0 Å². The summed E-state index contributed by atoms with van der Waals surface area (Å²) in [4.78, 5) is 34.1. The number of allylic oxidation sites excluding steroid dienone is 1. The number of carbonyl (C=O) groups excluding carboxylic acids is 2. The van der Waals surface area contributed by atoms with Gasteiger partial charge in [-0.3, -0.25) is 4.79 Å². The van der Waals surface area contributed by atoms with Crippen molar-refractivity contribution >= 4 is 12.0 Å². The second-order valence-electron chi connectivity index (χ2n) is 14.1. The second kappa shape index (κ2) is 18.1. The van der Waals surface area contributed by atoms with Gasteiger partial charge in [0.25, 0.3) is 0 Å². The van der Waals surface area contributed by atoms with Crippen LogP contribution in [0.25, 0.3) is 0 Å². The van der Waals surface area contributed by atoms with Crippen LogP contribution >= 0.6 is 0 Å². The predicted octanol–water partition coefficient (Wildman–Crippen LogP) is 5.71. The molecule has 250 valence electrons. The van der Waals surface area contributed by atoms with Crippen LogP contribution in [0.2, 0.25) is 0 Å². The molecule has 0 radical (unpaired) electrons. The van der Waals surface area contributed by atoms with Gasteiger partial charge in [-0.1, -0.05) is 82.4 Å². The number of aliphatic hydroxyl groups excluding tert-OH is 1. The topological polar surface area (TPSA) is 128 Å². The van der Waals surface area contributed by atoms with E-state index in [0.717, 1.165) is 30.5 Å². The number of hydrogen-bond acceptors (Lipinski definition) is 6. The van der Waals surface area contributed by atoms with Gasteiger partial charge in [0.05, 0.1) is 24.5 Å². The average molecular weight is 624 g/mol. The summed E-state index contributed by atoms with van der Waals surface area (Å²) >= 11 is 0. The van der Waals surface area contributed by atoms with Crippen LogP contribution in [0, 0.1) is 17.8 Å². The molecule has 9 heteroatoms. The number of aliphatic hydroxyl groups is 1. The lowest BCUT2D eigenvalue weighted by Gasteiger charge is -2.33. The highest BCUT2D eigenvalue weighted by molar-refractivity contribution is 5.82. The first-order valence-corrected chi connectivity index (χ1v) is 16.8. The Morgan fingerprint density at radius 2 is 1.82 bits per heavy atom. The van der Waals surface area contributed by atoms with Crippen molar-refractivity contribution in [3.63, 3.8) is 0 Å². The molecular weight excluding hydrogens is 566 g/mol. The molecule has 45 heavy (non-hydrogen) atoms. The standard InChI is InChI=1S/C36H57N5O4/c1-7-28(25(2)3)20-33(42)31(19-27-16-12-9-13-17-27)41-34(43)32(21-29-22-37-24-39-29)38-23-30(18-26-14-10-8-11-15-26)40-35(44)45-36(4,5)6/h7-8,10-11,14-15,22,24-25,27-28,30-33,38,42H,1,9,12-13,16-21,23H2,2-6H3,(H,37,39)(H,40,44)(H,41,43)/t28-,30-,31-,32-,33-/m0/s1. The number of rotatable bonds is 17. The third-order valence-corrected chi connectivity index (χ3v) is 8.73. The monoisotopic (exact) mass is 623 g/mol. The molecule has 0 spiro atoms. The van der Waals surface area contributed by atoms with Crippen molar-refractivity contribution in [2.45, 2.75) is 122 Å². The van der Waals surface area contributed by atoms with E-state index in [4.69, 9.17) is 4.74 Å². The Morgan fingerprint density at radius 1 is 1.11 bits per heavy atom. The number of aromatic nitrogens is 2. The Kier molecular flexibility index (Phi) is 14.6. The zero-order chi connectivity index (χ0) is 32.8. The molecule has 0 bridgehead atoms. The zero-order valence-corrected chi connectivity index (χ0v) is 28.1. The van der Waals surface area contributed by atoms with Gasteiger partial charge < -0.3 is 30.8 Å². The molecule has 2 aromatic rings. The Morgan fingerprint density at radius 3 is 2.42 bits per heavy atom. The molecule has 0 unspecified atom stereocenters. The first-order chi connectivity index (χ1) is 21.4. The maximum atomic E-state index is 14.0. The summed E-state index contributed by atoms with van der Waals surface area (Å²) < 4.78 is 5.55. The third kappa shape index (κ3) is 13.4. The summed E-state index contributed by atoms with van der Waals surface area (Å²) in [6.45, 7) is 14.1. The molecule has 1 aromatic carbocycles. The number of carbonyl (C=O) groups is 2. The first kappa shape index (κ1) is 36.3. The smallest absolute Gasteiger partial charge is 0.407 e. The van der Waals surface area contributed by atoms with Crippen LogP contribution in [0.15, 0.2) is 55.5 Å². The van der Waals surface area contributed by atoms with Gasteiger partial charge in [0.2, 0.25) is 5.91 Å². The van der Waals surface area contributed by atoms with Gasteiger partial charge in [-0.25, -0.2) is 9.78 Å². The minimum Gasteiger partial charge on any atom is -0.444 e. The van der Waals surface area contributed by atoms with Crippen molar-refractivity contribution in [1.29, 1.82) is 0 Å². The van der Waals surface area contributed by atoms with Crippen molar-refractivity contribution in [3.8, 4) is 0 Å². The lowest BCUT2D eigenvalue weighted by molar-refractivity contribution is -0.125. The molecule has 5 N–H and O–H groups in total. The van der Waals surface area contributed by atoms with E-state index in [0.29, 0.717) is 37.6 Å². The van der Waals surface area contributed by atoms with Gasteiger partial charge in [-0.2, -0.15) is 0 Å². The van der Waals surface area contributed by atoms with Gasteiger partial charge >= 0.3 is 6.09 Å². The molecule has 0 aliphatic heterocycles. The number of aromatic amines is 1. The fourth-order valence-corrected chi connectivity index (χ4v) is 6.17. The SMILES string of the molecule is C=C[C@@H](C[C@H](O)[C@H](CC1CCCCC1)NC(=O)[C@H](Cc1cnc[nH]1)NC[C@H](Cc1ccccc1)NC(=O)OC(C)(C)C)C(C)C. The van der Waals surface area contributed by atoms with E-state index in [1.165, 1.54) is 19.3 Å². The number of H-pyrrole nitrogens is 1. The van der Waals surface area contributed by atoms with Crippen LogP contribution in [0.5, 0.6) is 0 Å². The number of nitrogens with one attached hydrogen (secondary N) is 4. The van der Waals surface area contributed by atoms with Crippen LogP contribution in [0.4, 0.5) is 4.79 Å². The lowest BCUT2D eigenvalue weighted by Crippen LogP contribution is -2.55. The number of hydrogen-bond donors (Lipinski definition) is 5. The molecular formula is C36H57N5O4. The Balaban J connectivity index is 1.78. The first-order valence-electron chi connectivity index (χ1n) is 16.8. The fourth-order valence-electron chi connectivity index (χ4n) is 6.17. The van der Waals surface area contributed by atoms with Crippen LogP contribution in [-0.2, 0) is 22.4 Å². The van der Waals surface area contributed by atoms with Crippen LogP contribution in [0.3, 0.4) is 0 Å². The molecule has 1 heterocycles. The largest absolute Gasteiger partial charge is 0.444 e. The molecule has 1 aliphatic carbocycles. The summed E-state index contributed by atoms with van der Waals surface area (Å²) in [6, 6.07) is 8.61. The van der Waals surface area contributed by atoms with Gasteiger partial charge in [-0.05, 0) is 63.4 Å². The van der Waals surface area contributed by atoms with E-state index >= 15 is 0 Å². The summed E-state index contributed by atoms with van der Waals surface area (Å²) in [5.74, 6) is 0.798. The van der Waals surface area contributed by atoms with Crippen molar-refractivity contribution < 1.29 is 19.4 Å². The molecule has 1 aliphatic rings. The lowest BCUT2D eigenvalue weighted by atomic mass is 9.81. The van der Waals surface area contributed by atoms with Gasteiger partial charge in [-0.15, -0.1) is 6.58 Å². The summed E-state index contributed by atoms with van der Waals surface area (Å²) in [7, 11) is 0. The minimum atomic E-state index is -0.686. The van der Waals surface area contributed by atoms with Gasteiger partial charge in [0.1, 0.15) is 5.60 Å². The Labute approximate surface area is 270 Å². The second-order valence-corrected chi connectivity index (χ2v) is 14.1. The highest BCUT2D eigenvalue weighted by Crippen LogP contribution is 2.30. The van der Waals surface area contributed by atoms with E-state index in [9.17, 15) is 14.7 Å². The molecule has 9 nitrogen and oxygen atoms in total. The molecule has 2 amide bonds. The van der Waals surface area contributed by atoms with Crippen molar-refractivity contribution in [2.75, 3.05) is 6.54 Å². The average Bonchev–Trinajstić information content (AvgIpc) is 3.50. The van der Waals surface area contributed by atoms with Crippen LogP contribution < -0.4 is 16.0 Å². The van der Waals surface area contributed by atoms with Crippen molar-refractivity contribution in [2.24, 2.45) is 17.8 Å². The predicted molar refractivity (Wildman–Crippen MR) is 180 cm³/mol. The van der Waals surface area contributed by atoms with Gasteiger partial charge in [0, 0.05) is 30.9 Å². The summed E-state index contributed by atoms with van der Waals surface area (Å²) in [6.07, 6.45) is 12.2. The van der Waals surface area contributed by atoms with Crippen molar-refractivity contribution in [3.05, 3.63) is 66.8 Å². The van der Waals surface area contributed by atoms with E-state index in [1.54, 1.807) is 12.5 Å². The molecule has 1 aromatic heterocycles. The molecule has 1 saturated carbocycles. The maximum absolute atomic E-state index is 14.0. The fraction of sp³-hybridized carbons (Fsp3) is 0.639. The Bertz CT molecular complexity index is 1140. The molecule has 0 saturated heterocycles. The normalized spacial score (nSPS) is 17.6. The Hall–Kier alpha value is -3.17. The minimum absolute atomic E-state index is 0.155. The van der Waals surface area contributed by atoms with Crippen LogP contribution in [-0.4, -0.2) is 63.5 Å². The summed E-state index contributed by atoms with van der Waals surface area (Å²) in [5, 5.41) is 21.2. The molecule has 3 rings (SSSR count). The maximum Gasteiger partial charge on any atom is 0.407 e. The number of benzene rings is 1. The number of alkyl carbamates (subject to hydrolysis) is 1. The molecule has 5 atom stereocenters. The highest BCUT2D eigenvalue weighted by Gasteiger charge is 2.31. The third-order valence-electron chi connectivity index (χ3n) is 8.73. The van der Waals surface area contributed by atoms with E-state index in [-0.39, 0.29) is 23.9 Å². The zero-order valence-electron chi connectivity index (χ0n) is 28.1. The number of imidazole rings is 1. The van der Waals surface area contributed by atoms with E-state index in [1.807, 2.05) is 57.2 Å². The number of amides is 2. The molecule has 1 fully saturated rings.